The number of hydrogen-bond acceptors (Lipinski definition) is 4. The Hall–Kier alpha value is -2.93. The first-order chi connectivity index (χ1) is 14.0. The van der Waals surface area contributed by atoms with E-state index in [2.05, 4.69) is 17.6 Å². The van der Waals surface area contributed by atoms with Gasteiger partial charge in [-0.05, 0) is 55.0 Å². The summed E-state index contributed by atoms with van der Waals surface area (Å²) in [7, 11) is 0. The lowest BCUT2D eigenvalue weighted by atomic mass is 10.1. The molecule has 0 saturated heterocycles. The van der Waals surface area contributed by atoms with Crippen molar-refractivity contribution in [2.24, 2.45) is 5.73 Å². The van der Waals surface area contributed by atoms with Crippen molar-refractivity contribution in [1.82, 2.24) is 5.32 Å². The van der Waals surface area contributed by atoms with E-state index in [-0.39, 0.29) is 11.0 Å². The molecular formula is C22H27N3O3S. The number of hydrogen-bond donors (Lipinski definition) is 3. The van der Waals surface area contributed by atoms with Crippen LogP contribution in [-0.4, -0.2) is 23.5 Å². The monoisotopic (exact) mass is 413 g/mol. The number of amides is 2. The number of rotatable bonds is 10. The third kappa shape index (κ3) is 7.54. The Bertz CT molecular complexity index is 837. The molecule has 0 aliphatic rings. The van der Waals surface area contributed by atoms with Crippen LogP contribution in [0.25, 0.3) is 0 Å². The van der Waals surface area contributed by atoms with Gasteiger partial charge in [-0.15, -0.1) is 0 Å². The van der Waals surface area contributed by atoms with Gasteiger partial charge in [0.2, 0.25) is 0 Å². The molecule has 2 rings (SSSR count). The Balaban J connectivity index is 1.83. The zero-order valence-corrected chi connectivity index (χ0v) is 17.4. The summed E-state index contributed by atoms with van der Waals surface area (Å²) >= 11 is 5.17. The maximum absolute atomic E-state index is 12.4. The third-order valence-electron chi connectivity index (χ3n) is 4.30. The smallest absolute Gasteiger partial charge is 0.257 e. The second-order valence-electron chi connectivity index (χ2n) is 6.61. The molecule has 0 aliphatic carbocycles. The van der Waals surface area contributed by atoms with Crippen molar-refractivity contribution in [2.75, 3.05) is 11.9 Å². The Kier molecular flexibility index (Phi) is 9.11. The molecule has 29 heavy (non-hydrogen) atoms. The minimum Gasteiger partial charge on any atom is -0.494 e. The molecule has 6 nitrogen and oxygen atoms in total. The molecule has 0 spiro atoms. The molecule has 154 valence electrons. The highest BCUT2D eigenvalue weighted by Gasteiger charge is 2.11. The molecule has 0 saturated carbocycles. The second-order valence-corrected chi connectivity index (χ2v) is 7.01. The van der Waals surface area contributed by atoms with Crippen LogP contribution in [0.15, 0.2) is 48.5 Å². The van der Waals surface area contributed by atoms with Crippen LogP contribution in [0.5, 0.6) is 5.75 Å². The largest absolute Gasteiger partial charge is 0.494 e. The molecule has 0 atom stereocenters. The van der Waals surface area contributed by atoms with Crippen molar-refractivity contribution in [3.63, 3.8) is 0 Å². The number of thiocarbonyl (C=S) groups is 1. The van der Waals surface area contributed by atoms with E-state index >= 15 is 0 Å². The number of para-hydroxylation sites is 1. The lowest BCUT2D eigenvalue weighted by Crippen LogP contribution is -2.34. The number of nitrogens with two attached hydrogens (primary N) is 1. The molecule has 4 N–H and O–H groups in total. The van der Waals surface area contributed by atoms with Crippen molar-refractivity contribution < 1.29 is 14.3 Å². The van der Waals surface area contributed by atoms with Gasteiger partial charge in [-0.3, -0.25) is 14.9 Å². The quantitative estimate of drug-likeness (QED) is 0.400. The minimum absolute atomic E-state index is 0.0797. The van der Waals surface area contributed by atoms with E-state index in [9.17, 15) is 9.59 Å². The Morgan fingerprint density at radius 3 is 2.38 bits per heavy atom. The number of primary amides is 1. The molecule has 2 aromatic carbocycles. The van der Waals surface area contributed by atoms with E-state index in [4.69, 9.17) is 22.7 Å². The van der Waals surface area contributed by atoms with Gasteiger partial charge >= 0.3 is 0 Å². The maximum Gasteiger partial charge on any atom is 0.257 e. The zero-order chi connectivity index (χ0) is 21.1. The normalized spacial score (nSPS) is 10.2. The van der Waals surface area contributed by atoms with E-state index < -0.39 is 5.91 Å². The molecule has 0 fully saturated rings. The summed E-state index contributed by atoms with van der Waals surface area (Å²) in [5.41, 5.74) is 6.52. The average Bonchev–Trinajstić information content (AvgIpc) is 2.71. The second kappa shape index (κ2) is 11.8. The van der Waals surface area contributed by atoms with Gasteiger partial charge in [0, 0.05) is 5.56 Å². The summed E-state index contributed by atoms with van der Waals surface area (Å²) in [4.78, 5) is 23.8. The van der Waals surface area contributed by atoms with Crippen LogP contribution in [-0.2, 0) is 0 Å². The summed E-state index contributed by atoms with van der Waals surface area (Å²) in [5, 5.41) is 5.50. The van der Waals surface area contributed by atoms with Gasteiger partial charge < -0.3 is 15.8 Å². The molecule has 2 aromatic rings. The highest BCUT2D eigenvalue weighted by atomic mass is 32.1. The number of carbonyl (C=O) groups is 2. The van der Waals surface area contributed by atoms with E-state index in [1.807, 2.05) is 0 Å². The fraction of sp³-hybridized carbons (Fsp3) is 0.318. The Labute approximate surface area is 176 Å². The fourth-order valence-corrected chi connectivity index (χ4v) is 2.94. The van der Waals surface area contributed by atoms with Crippen LogP contribution in [0.2, 0.25) is 0 Å². The third-order valence-corrected chi connectivity index (χ3v) is 4.51. The number of anilines is 1. The number of nitrogens with one attached hydrogen (secondary N) is 2. The van der Waals surface area contributed by atoms with Crippen LogP contribution in [0.1, 0.15) is 59.7 Å². The van der Waals surface area contributed by atoms with Gasteiger partial charge in [-0.1, -0.05) is 44.7 Å². The standard InChI is InChI=1S/C22H27N3O3S/c1-2-3-4-5-8-15-28-17-13-11-16(12-14-17)21(27)25-22(29)24-19-10-7-6-9-18(19)20(23)26/h6-7,9-14H,2-5,8,15H2,1H3,(H2,23,26)(H2,24,25,27,29). The number of benzene rings is 2. The number of carbonyl (C=O) groups excluding carboxylic acids is 2. The van der Waals surface area contributed by atoms with Gasteiger partial charge in [-0.25, -0.2) is 0 Å². The maximum atomic E-state index is 12.4. The van der Waals surface area contributed by atoms with Crippen LogP contribution >= 0.6 is 12.2 Å². The van der Waals surface area contributed by atoms with Crippen molar-refractivity contribution in [3.05, 3.63) is 59.7 Å². The molecule has 0 heterocycles. The molecular weight excluding hydrogens is 386 g/mol. The molecule has 7 heteroatoms. The summed E-state index contributed by atoms with van der Waals surface area (Å²) in [5.74, 6) is -0.207. The van der Waals surface area contributed by atoms with Gasteiger partial charge in [-0.2, -0.15) is 0 Å². The van der Waals surface area contributed by atoms with E-state index in [1.165, 1.54) is 19.3 Å². The summed E-state index contributed by atoms with van der Waals surface area (Å²) in [6.07, 6.45) is 5.90. The number of ether oxygens (including phenoxy) is 1. The molecule has 0 unspecified atom stereocenters. The minimum atomic E-state index is -0.580. The van der Waals surface area contributed by atoms with Crippen molar-refractivity contribution in [2.45, 2.75) is 39.0 Å². The van der Waals surface area contributed by atoms with Crippen molar-refractivity contribution in [3.8, 4) is 5.75 Å². The van der Waals surface area contributed by atoms with Crippen LogP contribution < -0.4 is 21.1 Å². The predicted molar refractivity (Wildman–Crippen MR) is 119 cm³/mol. The summed E-state index contributed by atoms with van der Waals surface area (Å²) in [6, 6.07) is 13.6. The fourth-order valence-electron chi connectivity index (χ4n) is 2.73. The molecule has 0 radical (unpaired) electrons. The zero-order valence-electron chi connectivity index (χ0n) is 16.6. The van der Waals surface area contributed by atoms with E-state index in [0.29, 0.717) is 23.4 Å². The Morgan fingerprint density at radius 1 is 1.00 bits per heavy atom. The highest BCUT2D eigenvalue weighted by Crippen LogP contribution is 2.15. The summed E-state index contributed by atoms with van der Waals surface area (Å²) < 4.78 is 5.70. The average molecular weight is 414 g/mol. The van der Waals surface area contributed by atoms with Gasteiger partial charge in [0.15, 0.2) is 5.11 Å². The van der Waals surface area contributed by atoms with E-state index in [0.717, 1.165) is 18.6 Å². The molecule has 0 aliphatic heterocycles. The lowest BCUT2D eigenvalue weighted by Gasteiger charge is -2.12. The number of unbranched alkanes of at least 4 members (excludes halogenated alkanes) is 4. The highest BCUT2D eigenvalue weighted by molar-refractivity contribution is 7.80. The molecule has 0 aromatic heterocycles. The van der Waals surface area contributed by atoms with E-state index in [1.54, 1.807) is 48.5 Å². The SMILES string of the molecule is CCCCCCCOc1ccc(C(=O)NC(=S)Nc2ccccc2C(N)=O)cc1. The van der Waals surface area contributed by atoms with Gasteiger partial charge in [0.1, 0.15) is 5.75 Å². The van der Waals surface area contributed by atoms with Crippen LogP contribution in [0.4, 0.5) is 5.69 Å². The topological polar surface area (TPSA) is 93.4 Å². The first-order valence-electron chi connectivity index (χ1n) is 9.75. The van der Waals surface area contributed by atoms with Crippen LogP contribution in [0, 0.1) is 0 Å². The summed E-state index contributed by atoms with van der Waals surface area (Å²) in [6.45, 7) is 2.86. The molecule has 2 amide bonds. The van der Waals surface area contributed by atoms with Gasteiger partial charge in [0.05, 0.1) is 17.9 Å². The molecule has 0 bridgehead atoms. The first kappa shape index (κ1) is 22.4. The lowest BCUT2D eigenvalue weighted by molar-refractivity contribution is 0.0975. The van der Waals surface area contributed by atoms with Crippen LogP contribution in [0.3, 0.4) is 0 Å². The van der Waals surface area contributed by atoms with Gasteiger partial charge in [0.25, 0.3) is 11.8 Å². The predicted octanol–water partition coefficient (Wildman–Crippen LogP) is 4.26. The first-order valence-corrected chi connectivity index (χ1v) is 10.2. The van der Waals surface area contributed by atoms with Crippen molar-refractivity contribution >= 4 is 34.8 Å². The Morgan fingerprint density at radius 2 is 1.69 bits per heavy atom. The van der Waals surface area contributed by atoms with Crippen molar-refractivity contribution in [1.29, 1.82) is 0 Å².